The van der Waals surface area contributed by atoms with Gasteiger partial charge in [-0.15, -0.1) is 0 Å². The van der Waals surface area contributed by atoms with Crippen LogP contribution in [0.15, 0.2) is 48.5 Å². The number of fused-ring (bicyclic) bond motifs is 1. The Balaban J connectivity index is 1.55. The lowest BCUT2D eigenvalue weighted by Crippen LogP contribution is -2.43. The number of carbonyl (C=O) groups excluding carboxylic acids is 3. The number of rotatable bonds is 6. The summed E-state index contributed by atoms with van der Waals surface area (Å²) in [6.07, 6.45) is -0.133. The molecular weight excluding hydrogens is 358 g/mol. The number of hydrogen-bond acceptors (Lipinski definition) is 5. The van der Waals surface area contributed by atoms with E-state index >= 15 is 0 Å². The lowest BCUT2D eigenvalue weighted by Gasteiger charge is -2.25. The molecule has 1 heterocycles. The third-order valence-corrected chi connectivity index (χ3v) is 4.72. The number of amides is 1. The highest BCUT2D eigenvalue weighted by Crippen LogP contribution is 2.32. The van der Waals surface area contributed by atoms with E-state index in [0.717, 1.165) is 17.7 Å². The second-order valence-corrected chi connectivity index (χ2v) is 6.89. The average Bonchev–Trinajstić information content (AvgIpc) is 3.01. The fourth-order valence-corrected chi connectivity index (χ4v) is 3.31. The van der Waals surface area contributed by atoms with Crippen LogP contribution in [0.3, 0.4) is 0 Å². The van der Waals surface area contributed by atoms with Gasteiger partial charge < -0.3 is 14.4 Å². The summed E-state index contributed by atoms with van der Waals surface area (Å²) in [4.78, 5) is 37.8. The summed E-state index contributed by atoms with van der Waals surface area (Å²) in [6, 6.07) is 14.2. The summed E-state index contributed by atoms with van der Waals surface area (Å²) in [5.41, 5.74) is 2.54. The molecule has 0 bridgehead atoms. The molecule has 1 amide bonds. The minimum atomic E-state index is -0.912. The summed E-state index contributed by atoms with van der Waals surface area (Å²) in [5.74, 6) is -0.479. The molecule has 146 valence electrons. The number of carbonyl (C=O) groups is 3. The summed E-state index contributed by atoms with van der Waals surface area (Å²) < 4.78 is 10.6. The average molecular weight is 381 g/mol. The van der Waals surface area contributed by atoms with Crippen LogP contribution in [0.25, 0.3) is 0 Å². The molecule has 6 heteroatoms. The van der Waals surface area contributed by atoms with E-state index < -0.39 is 12.1 Å². The molecule has 0 aliphatic carbocycles. The van der Waals surface area contributed by atoms with Gasteiger partial charge in [0.1, 0.15) is 5.75 Å². The molecule has 1 aliphatic heterocycles. The van der Waals surface area contributed by atoms with Gasteiger partial charge in [0.15, 0.2) is 18.5 Å². The van der Waals surface area contributed by atoms with Gasteiger partial charge in [-0.3, -0.25) is 9.59 Å². The Morgan fingerprint density at radius 2 is 1.79 bits per heavy atom. The first-order valence-corrected chi connectivity index (χ1v) is 9.21. The number of benzene rings is 2. The number of nitrogens with zero attached hydrogens (tertiary/aromatic N) is 1. The van der Waals surface area contributed by atoms with Crippen molar-refractivity contribution >= 4 is 23.3 Å². The zero-order valence-electron chi connectivity index (χ0n) is 16.2. The van der Waals surface area contributed by atoms with Crippen LogP contribution in [0.4, 0.5) is 5.69 Å². The lowest BCUT2D eigenvalue weighted by molar-refractivity contribution is -0.155. The van der Waals surface area contributed by atoms with Crippen molar-refractivity contribution in [3.63, 3.8) is 0 Å². The van der Waals surface area contributed by atoms with E-state index in [1.54, 1.807) is 36.1 Å². The van der Waals surface area contributed by atoms with Crippen LogP contribution >= 0.6 is 0 Å². The monoisotopic (exact) mass is 381 g/mol. The number of hydrogen-bond donors (Lipinski definition) is 0. The van der Waals surface area contributed by atoms with Crippen molar-refractivity contribution in [3.05, 3.63) is 59.7 Å². The molecule has 3 rings (SSSR count). The normalized spacial score (nSPS) is 16.2. The minimum Gasteiger partial charge on any atom is -0.482 e. The number of para-hydroxylation sites is 1. The zero-order valence-corrected chi connectivity index (χ0v) is 16.2. The molecule has 0 fully saturated rings. The Kier molecular flexibility index (Phi) is 5.78. The van der Waals surface area contributed by atoms with E-state index in [2.05, 4.69) is 0 Å². The third kappa shape index (κ3) is 4.22. The minimum absolute atomic E-state index is 0.0158. The number of ether oxygens (including phenoxy) is 2. The highest BCUT2D eigenvalue weighted by molar-refractivity contribution is 5.99. The highest BCUT2D eigenvalue weighted by Gasteiger charge is 2.34. The van der Waals surface area contributed by atoms with Crippen LogP contribution in [-0.4, -0.2) is 36.4 Å². The standard InChI is InChI=1S/C22H23NO5/c1-14-12-18-6-4-5-7-20(18)23(14)22(26)16(3)28-21(25)13-27-19-10-8-17(9-11-19)15(2)24/h4-11,14,16H,12-13H2,1-3H3/t14-,16+/m0/s1. The van der Waals surface area contributed by atoms with Crippen LogP contribution in [0.5, 0.6) is 5.75 Å². The fourth-order valence-electron chi connectivity index (χ4n) is 3.31. The third-order valence-electron chi connectivity index (χ3n) is 4.72. The van der Waals surface area contributed by atoms with E-state index in [9.17, 15) is 14.4 Å². The molecule has 2 atom stereocenters. The predicted molar refractivity (Wildman–Crippen MR) is 105 cm³/mol. The first kappa shape index (κ1) is 19.6. The van der Waals surface area contributed by atoms with Gasteiger partial charge in [-0.25, -0.2) is 4.79 Å². The Labute approximate surface area is 164 Å². The van der Waals surface area contributed by atoms with Gasteiger partial charge in [0.05, 0.1) is 0 Å². The van der Waals surface area contributed by atoms with Crippen molar-refractivity contribution in [1.82, 2.24) is 0 Å². The molecule has 2 aromatic carbocycles. The van der Waals surface area contributed by atoms with Gasteiger partial charge in [0.25, 0.3) is 5.91 Å². The first-order valence-electron chi connectivity index (χ1n) is 9.21. The molecule has 28 heavy (non-hydrogen) atoms. The lowest BCUT2D eigenvalue weighted by atomic mass is 10.1. The van der Waals surface area contributed by atoms with E-state index in [1.807, 2.05) is 31.2 Å². The smallest absolute Gasteiger partial charge is 0.344 e. The SMILES string of the molecule is CC(=O)c1ccc(OCC(=O)O[C@H](C)C(=O)N2c3ccccc3C[C@@H]2C)cc1. The molecule has 0 saturated carbocycles. The molecule has 2 aromatic rings. The van der Waals surface area contributed by atoms with Crippen molar-refractivity contribution in [1.29, 1.82) is 0 Å². The van der Waals surface area contributed by atoms with Gasteiger partial charge in [0.2, 0.25) is 0 Å². The number of anilines is 1. The van der Waals surface area contributed by atoms with Crippen molar-refractivity contribution in [2.45, 2.75) is 39.3 Å². The van der Waals surface area contributed by atoms with E-state index in [0.29, 0.717) is 11.3 Å². The molecule has 6 nitrogen and oxygen atoms in total. The van der Waals surface area contributed by atoms with Crippen LogP contribution in [0, 0.1) is 0 Å². The highest BCUT2D eigenvalue weighted by atomic mass is 16.6. The molecule has 0 unspecified atom stereocenters. The summed E-state index contributed by atoms with van der Waals surface area (Å²) in [5, 5.41) is 0. The van der Waals surface area contributed by atoms with Crippen molar-refractivity contribution in [2.75, 3.05) is 11.5 Å². The number of ketones is 1. The van der Waals surface area contributed by atoms with Gasteiger partial charge in [-0.05, 0) is 63.1 Å². The van der Waals surface area contributed by atoms with Crippen molar-refractivity contribution in [2.24, 2.45) is 0 Å². The van der Waals surface area contributed by atoms with Crippen LogP contribution in [0.1, 0.15) is 36.7 Å². The van der Waals surface area contributed by atoms with Gasteiger partial charge in [-0.1, -0.05) is 18.2 Å². The maximum atomic E-state index is 12.8. The second-order valence-electron chi connectivity index (χ2n) is 6.89. The summed E-state index contributed by atoms with van der Waals surface area (Å²) in [6.45, 7) is 4.70. The zero-order chi connectivity index (χ0) is 20.3. The Bertz CT molecular complexity index is 890. The van der Waals surface area contributed by atoms with Gasteiger partial charge in [0, 0.05) is 17.3 Å². The van der Waals surface area contributed by atoms with Crippen molar-refractivity contribution < 1.29 is 23.9 Å². The molecular formula is C22H23NO5. The summed E-state index contributed by atoms with van der Waals surface area (Å²) in [7, 11) is 0. The first-order chi connectivity index (χ1) is 13.4. The van der Waals surface area contributed by atoms with Crippen LogP contribution in [0.2, 0.25) is 0 Å². The van der Waals surface area contributed by atoms with E-state index in [-0.39, 0.29) is 24.3 Å². The Morgan fingerprint density at radius 3 is 2.46 bits per heavy atom. The molecule has 0 N–H and O–H groups in total. The van der Waals surface area contributed by atoms with Crippen LogP contribution in [-0.2, 0) is 20.7 Å². The molecule has 0 aromatic heterocycles. The second kappa shape index (κ2) is 8.25. The topological polar surface area (TPSA) is 72.9 Å². The number of esters is 1. The Hall–Kier alpha value is -3.15. The van der Waals surface area contributed by atoms with Gasteiger partial charge in [-0.2, -0.15) is 0 Å². The molecule has 0 radical (unpaired) electrons. The maximum Gasteiger partial charge on any atom is 0.344 e. The van der Waals surface area contributed by atoms with E-state index in [4.69, 9.17) is 9.47 Å². The van der Waals surface area contributed by atoms with E-state index in [1.165, 1.54) is 6.92 Å². The predicted octanol–water partition coefficient (Wildman–Crippen LogP) is 3.18. The molecule has 0 saturated heterocycles. The maximum absolute atomic E-state index is 12.8. The Morgan fingerprint density at radius 1 is 1.11 bits per heavy atom. The van der Waals surface area contributed by atoms with Gasteiger partial charge >= 0.3 is 5.97 Å². The summed E-state index contributed by atoms with van der Waals surface area (Å²) >= 11 is 0. The fraction of sp³-hybridized carbons (Fsp3) is 0.318. The quantitative estimate of drug-likeness (QED) is 0.568. The van der Waals surface area contributed by atoms with Crippen molar-refractivity contribution in [3.8, 4) is 5.75 Å². The van der Waals surface area contributed by atoms with Crippen LogP contribution < -0.4 is 9.64 Å². The molecule has 1 aliphatic rings. The largest absolute Gasteiger partial charge is 0.482 e. The molecule has 0 spiro atoms. The number of Topliss-reactive ketones (excluding diaryl/α,β-unsaturated/α-hetero) is 1.